The van der Waals surface area contributed by atoms with Gasteiger partial charge >= 0.3 is 0 Å². The molecule has 2 aromatic rings. The third-order valence-electron chi connectivity index (χ3n) is 3.94. The Morgan fingerprint density at radius 1 is 1.00 bits per heavy atom. The first-order valence-electron chi connectivity index (χ1n) is 8.91. The Labute approximate surface area is 172 Å². The second-order valence-corrected chi connectivity index (χ2v) is 6.32. The summed E-state index contributed by atoms with van der Waals surface area (Å²) in [5.41, 5.74) is 0.366. The number of ether oxygens (including phenoxy) is 2. The van der Waals surface area contributed by atoms with Crippen molar-refractivity contribution in [3.63, 3.8) is 0 Å². The molecule has 156 valence electrons. The van der Waals surface area contributed by atoms with E-state index in [4.69, 9.17) is 21.1 Å². The van der Waals surface area contributed by atoms with E-state index in [0.29, 0.717) is 30.6 Å². The first-order chi connectivity index (χ1) is 13.8. The maximum Gasteiger partial charge on any atom is 0.262 e. The first kappa shape index (κ1) is 22.4. The lowest BCUT2D eigenvalue weighted by Crippen LogP contribution is -2.34. The number of hydrogen-bond acceptors (Lipinski definition) is 4. The van der Waals surface area contributed by atoms with Gasteiger partial charge in [-0.25, -0.2) is 8.78 Å². The van der Waals surface area contributed by atoms with E-state index in [-0.39, 0.29) is 23.3 Å². The molecule has 0 atom stereocenters. The minimum atomic E-state index is -0.901. The van der Waals surface area contributed by atoms with Gasteiger partial charge in [-0.05, 0) is 44.2 Å². The van der Waals surface area contributed by atoms with Crippen LogP contribution in [0.15, 0.2) is 36.4 Å². The van der Waals surface area contributed by atoms with Gasteiger partial charge in [-0.3, -0.25) is 9.59 Å². The second kappa shape index (κ2) is 10.6. The summed E-state index contributed by atoms with van der Waals surface area (Å²) in [5, 5.41) is 2.75. The summed E-state index contributed by atoms with van der Waals surface area (Å²) >= 11 is 6.13. The number of nitrogens with one attached hydrogen (secondary N) is 1. The van der Waals surface area contributed by atoms with Gasteiger partial charge in [-0.15, -0.1) is 0 Å². The Kier molecular flexibility index (Phi) is 8.21. The summed E-state index contributed by atoms with van der Waals surface area (Å²) in [5.74, 6) is -2.29. The second-order valence-electron chi connectivity index (χ2n) is 5.91. The third kappa shape index (κ3) is 6.60. The molecule has 0 radical (unpaired) electrons. The minimum Gasteiger partial charge on any atom is -0.482 e. The Hall–Kier alpha value is -2.87. The summed E-state index contributed by atoms with van der Waals surface area (Å²) in [4.78, 5) is 25.6. The van der Waals surface area contributed by atoms with E-state index in [2.05, 4.69) is 5.32 Å². The fourth-order valence-electron chi connectivity index (χ4n) is 2.44. The number of anilines is 1. The van der Waals surface area contributed by atoms with E-state index >= 15 is 0 Å². The Morgan fingerprint density at radius 3 is 2.28 bits per heavy atom. The number of benzene rings is 2. The fraction of sp³-hybridized carbons (Fsp3) is 0.300. The van der Waals surface area contributed by atoms with Crippen LogP contribution in [0.3, 0.4) is 0 Å². The number of amides is 2. The molecule has 29 heavy (non-hydrogen) atoms. The van der Waals surface area contributed by atoms with E-state index in [1.165, 1.54) is 12.1 Å². The largest absolute Gasteiger partial charge is 0.482 e. The number of nitrogens with zero attached hydrogens (tertiary/aromatic N) is 1. The molecule has 6 nitrogen and oxygen atoms in total. The molecule has 0 bridgehead atoms. The lowest BCUT2D eigenvalue weighted by atomic mass is 10.3. The van der Waals surface area contributed by atoms with E-state index in [9.17, 15) is 18.4 Å². The highest BCUT2D eigenvalue weighted by molar-refractivity contribution is 6.32. The van der Waals surface area contributed by atoms with E-state index in [1.807, 2.05) is 13.8 Å². The molecule has 2 aromatic carbocycles. The van der Waals surface area contributed by atoms with Gasteiger partial charge in [0.05, 0.1) is 5.02 Å². The van der Waals surface area contributed by atoms with Gasteiger partial charge < -0.3 is 19.7 Å². The van der Waals surface area contributed by atoms with Gasteiger partial charge in [0, 0.05) is 24.8 Å². The van der Waals surface area contributed by atoms with Crippen LogP contribution in [0.4, 0.5) is 14.5 Å². The molecule has 0 saturated heterocycles. The first-order valence-corrected chi connectivity index (χ1v) is 9.29. The normalized spacial score (nSPS) is 10.4. The van der Waals surface area contributed by atoms with Crippen LogP contribution in [0.2, 0.25) is 5.02 Å². The van der Waals surface area contributed by atoms with Crippen molar-refractivity contribution in [1.29, 1.82) is 0 Å². The van der Waals surface area contributed by atoms with Crippen molar-refractivity contribution in [1.82, 2.24) is 4.90 Å². The molecule has 0 heterocycles. The Bertz CT molecular complexity index is 876. The monoisotopic (exact) mass is 426 g/mol. The van der Waals surface area contributed by atoms with Gasteiger partial charge in [-0.1, -0.05) is 11.6 Å². The summed E-state index contributed by atoms with van der Waals surface area (Å²) in [6, 6.07) is 7.31. The number of carbonyl (C=O) groups is 2. The zero-order valence-electron chi connectivity index (χ0n) is 16.0. The number of hydrogen-bond donors (Lipinski definition) is 1. The van der Waals surface area contributed by atoms with Crippen LogP contribution in [0, 0.1) is 11.6 Å². The van der Waals surface area contributed by atoms with Crippen molar-refractivity contribution >= 4 is 29.1 Å². The quantitative estimate of drug-likeness (QED) is 0.660. The van der Waals surface area contributed by atoms with Gasteiger partial charge in [0.1, 0.15) is 11.6 Å². The standard InChI is InChI=1S/C20H21ClF2N2O4/c1-3-25(4-2)20(27)12-29-17-8-6-14(10-15(17)21)24-19(26)11-28-18-7-5-13(22)9-16(18)23/h5-10H,3-4,11-12H2,1-2H3,(H,24,26). The molecule has 0 aliphatic carbocycles. The van der Waals surface area contributed by atoms with E-state index in [1.54, 1.807) is 11.0 Å². The topological polar surface area (TPSA) is 67.9 Å². The van der Waals surface area contributed by atoms with Crippen LogP contribution in [0.25, 0.3) is 0 Å². The Balaban J connectivity index is 1.89. The minimum absolute atomic E-state index is 0.149. The van der Waals surface area contributed by atoms with Gasteiger partial charge in [0.15, 0.2) is 24.8 Å². The zero-order chi connectivity index (χ0) is 21.4. The highest BCUT2D eigenvalue weighted by Gasteiger charge is 2.13. The molecule has 9 heteroatoms. The van der Waals surface area contributed by atoms with Crippen LogP contribution in [0.5, 0.6) is 11.5 Å². The maximum absolute atomic E-state index is 13.5. The predicted molar refractivity (Wildman–Crippen MR) is 105 cm³/mol. The molecular weight excluding hydrogens is 406 g/mol. The lowest BCUT2D eigenvalue weighted by Gasteiger charge is -2.19. The molecule has 0 unspecified atom stereocenters. The number of likely N-dealkylation sites (N-methyl/N-ethyl adjacent to an activating group) is 1. The van der Waals surface area contributed by atoms with E-state index < -0.39 is 24.1 Å². The fourth-order valence-corrected chi connectivity index (χ4v) is 2.67. The SMILES string of the molecule is CCN(CC)C(=O)COc1ccc(NC(=O)COc2ccc(F)cc2F)cc1Cl. The highest BCUT2D eigenvalue weighted by Crippen LogP contribution is 2.28. The summed E-state index contributed by atoms with van der Waals surface area (Å²) < 4.78 is 36.8. The van der Waals surface area contributed by atoms with Crippen molar-refractivity contribution < 1.29 is 27.8 Å². The maximum atomic E-state index is 13.5. The summed E-state index contributed by atoms with van der Waals surface area (Å²) in [7, 11) is 0. The molecule has 2 rings (SSSR count). The van der Waals surface area contributed by atoms with Gasteiger partial charge in [0.25, 0.3) is 11.8 Å². The molecule has 0 aliphatic rings. The van der Waals surface area contributed by atoms with Gasteiger partial charge in [-0.2, -0.15) is 0 Å². The van der Waals surface area contributed by atoms with Crippen molar-refractivity contribution in [2.75, 3.05) is 31.6 Å². The number of carbonyl (C=O) groups excluding carboxylic acids is 2. The molecule has 0 aromatic heterocycles. The van der Waals surface area contributed by atoms with Crippen LogP contribution >= 0.6 is 11.6 Å². The van der Waals surface area contributed by atoms with Crippen molar-refractivity contribution in [2.45, 2.75) is 13.8 Å². The molecule has 0 spiro atoms. The summed E-state index contributed by atoms with van der Waals surface area (Å²) in [6.07, 6.45) is 0. The van der Waals surface area contributed by atoms with Crippen molar-refractivity contribution in [3.8, 4) is 11.5 Å². The molecule has 2 amide bonds. The highest BCUT2D eigenvalue weighted by atomic mass is 35.5. The molecule has 0 aliphatic heterocycles. The zero-order valence-corrected chi connectivity index (χ0v) is 16.8. The van der Waals surface area contributed by atoms with Crippen molar-refractivity contribution in [2.24, 2.45) is 0 Å². The Morgan fingerprint density at radius 2 is 1.66 bits per heavy atom. The average molecular weight is 427 g/mol. The molecular formula is C20H21ClF2N2O4. The number of halogens is 3. The third-order valence-corrected chi connectivity index (χ3v) is 4.23. The van der Waals surface area contributed by atoms with Crippen LogP contribution in [0.1, 0.15) is 13.8 Å². The van der Waals surface area contributed by atoms with E-state index in [0.717, 1.165) is 12.1 Å². The number of rotatable bonds is 9. The van der Waals surface area contributed by atoms with Crippen molar-refractivity contribution in [3.05, 3.63) is 53.1 Å². The summed E-state index contributed by atoms with van der Waals surface area (Å²) in [6.45, 7) is 4.30. The predicted octanol–water partition coefficient (Wildman–Crippen LogP) is 3.88. The smallest absolute Gasteiger partial charge is 0.262 e. The molecule has 0 saturated carbocycles. The molecule has 1 N–H and O–H groups in total. The van der Waals surface area contributed by atoms with Crippen LogP contribution in [-0.2, 0) is 9.59 Å². The van der Waals surface area contributed by atoms with Crippen LogP contribution < -0.4 is 14.8 Å². The molecule has 0 fully saturated rings. The average Bonchev–Trinajstić information content (AvgIpc) is 2.67. The lowest BCUT2D eigenvalue weighted by molar-refractivity contribution is -0.133. The van der Waals surface area contributed by atoms with Gasteiger partial charge in [0.2, 0.25) is 0 Å². The van der Waals surface area contributed by atoms with Crippen LogP contribution in [-0.4, -0.2) is 43.0 Å².